The van der Waals surface area contributed by atoms with Gasteiger partial charge in [-0.2, -0.15) is 0 Å². The van der Waals surface area contributed by atoms with Crippen LogP contribution in [0.1, 0.15) is 50.1 Å². The van der Waals surface area contributed by atoms with Gasteiger partial charge in [-0.15, -0.1) is 0 Å². The van der Waals surface area contributed by atoms with Crippen LogP contribution in [0.4, 0.5) is 0 Å². The highest BCUT2D eigenvalue weighted by Gasteiger charge is 2.46. The molecule has 188 valence electrons. The fourth-order valence-electron chi connectivity index (χ4n) is 4.18. The third kappa shape index (κ3) is 5.46. The lowest BCUT2D eigenvalue weighted by molar-refractivity contribution is -0.140. The molecule has 0 aliphatic carbocycles. The highest BCUT2D eigenvalue weighted by Crippen LogP contribution is 2.41. The van der Waals surface area contributed by atoms with E-state index in [0.717, 1.165) is 6.42 Å². The standard InChI is InChI=1S/C29H31NO6/c1-4-34-22-12-10-20(11-13-22)27(31)25-26(21-7-5-8-23(17-21)36-16-14-19(2)3)30(29(33)28(25)32)18-24-9-6-15-35-24/h5-13,15,17,19,26,31H,4,14,16,18H2,1-3H3. The van der Waals surface area contributed by atoms with E-state index in [0.29, 0.717) is 47.5 Å². The Balaban J connectivity index is 1.76. The number of furan rings is 1. The van der Waals surface area contributed by atoms with Gasteiger partial charge >= 0.3 is 0 Å². The van der Waals surface area contributed by atoms with Crippen molar-refractivity contribution >= 4 is 17.4 Å². The molecule has 3 aromatic rings. The maximum atomic E-state index is 13.2. The Labute approximate surface area is 210 Å². The van der Waals surface area contributed by atoms with E-state index in [-0.39, 0.29) is 17.9 Å². The van der Waals surface area contributed by atoms with Crippen molar-refractivity contribution in [3.8, 4) is 11.5 Å². The van der Waals surface area contributed by atoms with Crippen molar-refractivity contribution in [2.45, 2.75) is 39.8 Å². The number of ether oxygens (including phenoxy) is 2. The molecule has 1 fully saturated rings. The van der Waals surface area contributed by atoms with Gasteiger partial charge in [0.2, 0.25) is 0 Å². The number of benzene rings is 2. The number of Topliss-reactive ketones (excluding diaryl/α,β-unsaturated/α-hetero) is 1. The zero-order valence-corrected chi connectivity index (χ0v) is 20.8. The molecule has 1 aromatic heterocycles. The highest BCUT2D eigenvalue weighted by atomic mass is 16.5. The number of carbonyl (C=O) groups is 2. The predicted molar refractivity (Wildman–Crippen MR) is 136 cm³/mol. The molecular weight excluding hydrogens is 458 g/mol. The molecule has 36 heavy (non-hydrogen) atoms. The molecule has 1 unspecified atom stereocenters. The van der Waals surface area contributed by atoms with Crippen molar-refractivity contribution in [1.82, 2.24) is 4.90 Å². The molecule has 7 heteroatoms. The second-order valence-electron chi connectivity index (χ2n) is 9.07. The molecule has 1 atom stereocenters. The molecular formula is C29H31NO6. The van der Waals surface area contributed by atoms with Crippen LogP contribution in [-0.2, 0) is 16.1 Å². The van der Waals surface area contributed by atoms with Crippen LogP contribution < -0.4 is 9.47 Å². The average molecular weight is 490 g/mol. The fourth-order valence-corrected chi connectivity index (χ4v) is 4.18. The first kappa shape index (κ1) is 25.1. The molecule has 0 bridgehead atoms. The Kier molecular flexibility index (Phi) is 7.78. The summed E-state index contributed by atoms with van der Waals surface area (Å²) in [4.78, 5) is 27.8. The van der Waals surface area contributed by atoms with Crippen LogP contribution in [0.15, 0.2) is 76.9 Å². The Morgan fingerprint density at radius 1 is 1.03 bits per heavy atom. The summed E-state index contributed by atoms with van der Waals surface area (Å²) >= 11 is 0. The van der Waals surface area contributed by atoms with Crippen LogP contribution in [-0.4, -0.2) is 34.9 Å². The van der Waals surface area contributed by atoms with Crippen LogP contribution in [0.5, 0.6) is 11.5 Å². The number of aliphatic hydroxyl groups excluding tert-OH is 1. The summed E-state index contributed by atoms with van der Waals surface area (Å²) < 4.78 is 16.9. The number of carbonyl (C=O) groups excluding carboxylic acids is 2. The number of hydrogen-bond acceptors (Lipinski definition) is 6. The van der Waals surface area contributed by atoms with Gasteiger partial charge in [-0.05, 0) is 73.4 Å². The van der Waals surface area contributed by atoms with Crippen molar-refractivity contribution in [1.29, 1.82) is 0 Å². The maximum absolute atomic E-state index is 13.2. The maximum Gasteiger partial charge on any atom is 0.296 e. The van der Waals surface area contributed by atoms with Crippen LogP contribution >= 0.6 is 0 Å². The zero-order chi connectivity index (χ0) is 25.7. The van der Waals surface area contributed by atoms with E-state index in [1.807, 2.05) is 31.2 Å². The van der Waals surface area contributed by atoms with E-state index in [2.05, 4.69) is 13.8 Å². The number of likely N-dealkylation sites (tertiary alicyclic amines) is 1. The lowest BCUT2D eigenvalue weighted by atomic mass is 9.95. The molecule has 0 saturated carbocycles. The minimum atomic E-state index is -0.810. The second-order valence-corrected chi connectivity index (χ2v) is 9.07. The Morgan fingerprint density at radius 2 is 1.81 bits per heavy atom. The summed E-state index contributed by atoms with van der Waals surface area (Å²) in [5.74, 6) is 0.636. The summed E-state index contributed by atoms with van der Waals surface area (Å²) in [6.07, 6.45) is 2.42. The first-order chi connectivity index (χ1) is 17.4. The number of nitrogens with zero attached hydrogens (tertiary/aromatic N) is 1. The molecule has 4 rings (SSSR count). The van der Waals surface area contributed by atoms with Crippen LogP contribution in [0.2, 0.25) is 0 Å². The quantitative estimate of drug-likeness (QED) is 0.222. The molecule has 2 aromatic carbocycles. The minimum absolute atomic E-state index is 0.0232. The first-order valence-electron chi connectivity index (χ1n) is 12.2. The van der Waals surface area contributed by atoms with Crippen molar-refractivity contribution in [2.24, 2.45) is 5.92 Å². The van der Waals surface area contributed by atoms with Gasteiger partial charge in [0.05, 0.1) is 37.6 Å². The topological polar surface area (TPSA) is 89.2 Å². The molecule has 1 aliphatic heterocycles. The zero-order valence-electron chi connectivity index (χ0n) is 20.8. The normalized spacial score (nSPS) is 17.1. The van der Waals surface area contributed by atoms with E-state index < -0.39 is 17.7 Å². The molecule has 0 spiro atoms. The van der Waals surface area contributed by atoms with Gasteiger partial charge in [-0.1, -0.05) is 26.0 Å². The van der Waals surface area contributed by atoms with Gasteiger partial charge in [0, 0.05) is 5.56 Å². The van der Waals surface area contributed by atoms with Crippen molar-refractivity contribution in [2.75, 3.05) is 13.2 Å². The van der Waals surface area contributed by atoms with Crippen molar-refractivity contribution in [3.05, 3.63) is 89.4 Å². The average Bonchev–Trinajstić information content (AvgIpc) is 3.47. The number of hydrogen-bond donors (Lipinski definition) is 1. The lowest BCUT2D eigenvalue weighted by Gasteiger charge is -2.25. The van der Waals surface area contributed by atoms with Gasteiger partial charge in [0.1, 0.15) is 23.0 Å². The lowest BCUT2D eigenvalue weighted by Crippen LogP contribution is -2.29. The van der Waals surface area contributed by atoms with Crippen molar-refractivity contribution in [3.63, 3.8) is 0 Å². The van der Waals surface area contributed by atoms with Crippen LogP contribution in [0.25, 0.3) is 5.76 Å². The third-order valence-corrected chi connectivity index (χ3v) is 6.02. The molecule has 0 radical (unpaired) electrons. The van der Waals surface area contributed by atoms with E-state index in [9.17, 15) is 14.7 Å². The number of aliphatic hydroxyl groups is 1. The van der Waals surface area contributed by atoms with E-state index in [1.165, 1.54) is 11.2 Å². The van der Waals surface area contributed by atoms with Gasteiger partial charge < -0.3 is 23.9 Å². The van der Waals surface area contributed by atoms with Crippen LogP contribution in [0.3, 0.4) is 0 Å². The summed E-state index contributed by atoms with van der Waals surface area (Å²) in [6, 6.07) is 16.7. The number of ketones is 1. The van der Waals surface area contributed by atoms with Gasteiger partial charge in [-0.25, -0.2) is 0 Å². The minimum Gasteiger partial charge on any atom is -0.507 e. The molecule has 1 N–H and O–H groups in total. The fraction of sp³-hybridized carbons (Fsp3) is 0.310. The molecule has 1 saturated heterocycles. The third-order valence-electron chi connectivity index (χ3n) is 6.02. The first-order valence-corrected chi connectivity index (χ1v) is 12.2. The summed E-state index contributed by atoms with van der Waals surface area (Å²) in [6.45, 7) is 7.29. The van der Waals surface area contributed by atoms with E-state index in [1.54, 1.807) is 36.4 Å². The van der Waals surface area contributed by atoms with Gasteiger partial charge in [0.15, 0.2) is 0 Å². The smallest absolute Gasteiger partial charge is 0.296 e. The highest BCUT2D eigenvalue weighted by molar-refractivity contribution is 6.46. The van der Waals surface area contributed by atoms with Crippen molar-refractivity contribution < 1.29 is 28.6 Å². The van der Waals surface area contributed by atoms with E-state index in [4.69, 9.17) is 13.9 Å². The summed E-state index contributed by atoms with van der Waals surface area (Å²) in [5, 5.41) is 11.3. The Bertz CT molecular complexity index is 1230. The van der Waals surface area contributed by atoms with E-state index >= 15 is 0 Å². The summed E-state index contributed by atoms with van der Waals surface area (Å²) in [7, 11) is 0. The molecule has 1 aliphatic rings. The van der Waals surface area contributed by atoms with Crippen LogP contribution in [0, 0.1) is 5.92 Å². The Hall–Kier alpha value is -4.00. The monoisotopic (exact) mass is 489 g/mol. The SMILES string of the molecule is CCOc1ccc(C(O)=C2C(=O)C(=O)N(Cc3ccco3)C2c2cccc(OCCC(C)C)c2)cc1. The predicted octanol–water partition coefficient (Wildman–Crippen LogP) is 5.73. The number of rotatable bonds is 10. The molecule has 7 nitrogen and oxygen atoms in total. The molecule has 1 amide bonds. The van der Waals surface area contributed by atoms with Gasteiger partial charge in [-0.3, -0.25) is 9.59 Å². The largest absolute Gasteiger partial charge is 0.507 e. The van der Waals surface area contributed by atoms with Gasteiger partial charge in [0.25, 0.3) is 11.7 Å². The molecule has 2 heterocycles. The second kappa shape index (κ2) is 11.2. The Morgan fingerprint density at radius 3 is 2.47 bits per heavy atom. The number of amides is 1. The summed E-state index contributed by atoms with van der Waals surface area (Å²) in [5.41, 5.74) is 1.11.